The minimum Gasteiger partial charge on any atom is -0.390 e. The largest absolute Gasteiger partial charge is 0.390 e. The number of nitrogens with zero attached hydrogens (tertiary/aromatic N) is 1. The first-order chi connectivity index (χ1) is 10.1. The van der Waals surface area contributed by atoms with Crippen molar-refractivity contribution in [2.24, 2.45) is 11.7 Å². The maximum Gasteiger partial charge on any atom is 0.0820 e. The summed E-state index contributed by atoms with van der Waals surface area (Å²) in [5.41, 5.74) is 7.37. The Kier molecular flexibility index (Phi) is 6.22. The summed E-state index contributed by atoms with van der Waals surface area (Å²) in [6.07, 6.45) is 5.38. The van der Waals surface area contributed by atoms with Gasteiger partial charge in [-0.1, -0.05) is 37.3 Å². The Bertz CT molecular complexity index is 401. The van der Waals surface area contributed by atoms with Crippen LogP contribution >= 0.6 is 0 Å². The summed E-state index contributed by atoms with van der Waals surface area (Å²) in [5.74, 6) is 0.861. The quantitative estimate of drug-likeness (QED) is 0.846. The normalized spacial score (nSPS) is 25.8. The van der Waals surface area contributed by atoms with E-state index in [1.807, 2.05) is 18.2 Å². The van der Waals surface area contributed by atoms with E-state index in [1.165, 1.54) is 31.2 Å². The van der Waals surface area contributed by atoms with E-state index in [0.717, 1.165) is 12.3 Å². The molecule has 0 aliphatic heterocycles. The predicted octanol–water partition coefficient (Wildman–Crippen LogP) is 2.43. The Morgan fingerprint density at radius 3 is 2.43 bits per heavy atom. The number of aliphatic hydroxyl groups excluding tert-OH is 1. The van der Waals surface area contributed by atoms with Crippen LogP contribution in [0.1, 0.15) is 38.2 Å². The molecule has 1 aliphatic carbocycles. The Hall–Kier alpha value is -0.900. The monoisotopic (exact) mass is 290 g/mol. The molecule has 1 aliphatic rings. The van der Waals surface area contributed by atoms with Gasteiger partial charge in [-0.3, -0.25) is 0 Å². The molecule has 21 heavy (non-hydrogen) atoms. The fourth-order valence-electron chi connectivity index (χ4n) is 3.29. The summed E-state index contributed by atoms with van der Waals surface area (Å²) >= 11 is 0. The van der Waals surface area contributed by atoms with E-state index in [-0.39, 0.29) is 6.04 Å². The average molecular weight is 290 g/mol. The Labute approximate surface area is 129 Å². The number of hydrogen-bond acceptors (Lipinski definition) is 3. The van der Waals surface area contributed by atoms with E-state index in [0.29, 0.717) is 12.6 Å². The summed E-state index contributed by atoms with van der Waals surface area (Å²) < 4.78 is 0. The molecule has 118 valence electrons. The van der Waals surface area contributed by atoms with Crippen LogP contribution in [0.25, 0.3) is 0 Å². The Morgan fingerprint density at radius 2 is 1.81 bits per heavy atom. The zero-order valence-electron chi connectivity index (χ0n) is 13.4. The minimum absolute atomic E-state index is 0.197. The summed E-state index contributed by atoms with van der Waals surface area (Å²) in [6.45, 7) is 3.01. The van der Waals surface area contributed by atoms with Crippen molar-refractivity contribution in [2.45, 2.75) is 57.2 Å². The maximum absolute atomic E-state index is 10.4. The van der Waals surface area contributed by atoms with Gasteiger partial charge in [0, 0.05) is 18.6 Å². The first kappa shape index (κ1) is 16.5. The lowest BCUT2D eigenvalue weighted by atomic mass is 9.86. The van der Waals surface area contributed by atoms with Crippen LogP contribution in [0.15, 0.2) is 30.3 Å². The molecular formula is C18H30N2O. The molecule has 0 spiro atoms. The van der Waals surface area contributed by atoms with Crippen molar-refractivity contribution in [3.05, 3.63) is 35.9 Å². The van der Waals surface area contributed by atoms with Crippen LogP contribution in [-0.4, -0.2) is 41.8 Å². The molecule has 0 bridgehead atoms. The van der Waals surface area contributed by atoms with Crippen molar-refractivity contribution < 1.29 is 5.11 Å². The van der Waals surface area contributed by atoms with E-state index >= 15 is 0 Å². The van der Waals surface area contributed by atoms with E-state index in [4.69, 9.17) is 5.73 Å². The molecule has 3 N–H and O–H groups in total. The van der Waals surface area contributed by atoms with Crippen LogP contribution in [0.4, 0.5) is 0 Å². The van der Waals surface area contributed by atoms with Gasteiger partial charge < -0.3 is 15.7 Å². The van der Waals surface area contributed by atoms with Gasteiger partial charge in [0.15, 0.2) is 0 Å². The van der Waals surface area contributed by atoms with Gasteiger partial charge in [-0.15, -0.1) is 0 Å². The second kappa shape index (κ2) is 7.92. The zero-order valence-corrected chi connectivity index (χ0v) is 13.4. The van der Waals surface area contributed by atoms with E-state index < -0.39 is 6.10 Å². The molecule has 0 amide bonds. The fraction of sp³-hybridized carbons (Fsp3) is 0.667. The highest BCUT2D eigenvalue weighted by atomic mass is 16.3. The minimum atomic E-state index is -0.463. The van der Waals surface area contributed by atoms with Gasteiger partial charge in [-0.05, 0) is 50.6 Å². The number of rotatable bonds is 6. The number of hydrogen-bond donors (Lipinski definition) is 2. The van der Waals surface area contributed by atoms with Crippen molar-refractivity contribution >= 4 is 0 Å². The third-order valence-corrected chi connectivity index (χ3v) is 4.89. The molecule has 1 aromatic rings. The summed E-state index contributed by atoms with van der Waals surface area (Å²) in [7, 11) is 2.12. The molecule has 1 aromatic carbocycles. The van der Waals surface area contributed by atoms with Crippen LogP contribution in [0.2, 0.25) is 0 Å². The fourth-order valence-corrected chi connectivity index (χ4v) is 3.29. The smallest absolute Gasteiger partial charge is 0.0820 e. The van der Waals surface area contributed by atoms with Crippen LogP contribution in [-0.2, 0) is 6.42 Å². The zero-order chi connectivity index (χ0) is 15.2. The van der Waals surface area contributed by atoms with Gasteiger partial charge in [0.25, 0.3) is 0 Å². The third kappa shape index (κ3) is 5.10. The maximum atomic E-state index is 10.4. The highest BCUT2D eigenvalue weighted by molar-refractivity contribution is 5.16. The van der Waals surface area contributed by atoms with Crippen molar-refractivity contribution in [3.63, 3.8) is 0 Å². The SMILES string of the molecule is CC1CCC(N(C)CC(O)C(N)Cc2ccccc2)CC1. The van der Waals surface area contributed by atoms with E-state index in [1.54, 1.807) is 0 Å². The molecule has 1 saturated carbocycles. The molecule has 0 heterocycles. The van der Waals surface area contributed by atoms with Crippen LogP contribution in [0, 0.1) is 5.92 Å². The third-order valence-electron chi connectivity index (χ3n) is 4.89. The molecule has 2 atom stereocenters. The van der Waals surface area contributed by atoms with Gasteiger partial charge in [-0.25, -0.2) is 0 Å². The lowest BCUT2D eigenvalue weighted by Gasteiger charge is -2.35. The summed E-state index contributed by atoms with van der Waals surface area (Å²) in [5, 5.41) is 10.4. The first-order valence-electron chi connectivity index (χ1n) is 8.24. The van der Waals surface area contributed by atoms with Gasteiger partial charge in [0.05, 0.1) is 6.10 Å². The lowest BCUT2D eigenvalue weighted by Crippen LogP contribution is -2.47. The standard InChI is InChI=1S/C18H30N2O/c1-14-8-10-16(11-9-14)20(2)13-18(21)17(19)12-15-6-4-3-5-7-15/h3-7,14,16-18,21H,8-13,19H2,1-2H3. The van der Waals surface area contributed by atoms with Crippen LogP contribution < -0.4 is 5.73 Å². The number of likely N-dealkylation sites (N-methyl/N-ethyl adjacent to an activating group) is 1. The second-order valence-electron chi connectivity index (χ2n) is 6.77. The second-order valence-corrected chi connectivity index (χ2v) is 6.77. The molecule has 3 nitrogen and oxygen atoms in total. The van der Waals surface area contributed by atoms with Gasteiger partial charge in [-0.2, -0.15) is 0 Å². The van der Waals surface area contributed by atoms with E-state index in [9.17, 15) is 5.11 Å². The van der Waals surface area contributed by atoms with Gasteiger partial charge in [0.2, 0.25) is 0 Å². The summed E-state index contributed by atoms with van der Waals surface area (Å²) in [4.78, 5) is 2.31. The van der Waals surface area contributed by atoms with Crippen LogP contribution in [0.5, 0.6) is 0 Å². The molecule has 0 radical (unpaired) electrons. The van der Waals surface area contributed by atoms with Crippen molar-refractivity contribution in [1.82, 2.24) is 4.90 Å². The van der Waals surface area contributed by atoms with Gasteiger partial charge >= 0.3 is 0 Å². The molecule has 0 aromatic heterocycles. The molecular weight excluding hydrogens is 260 g/mol. The van der Waals surface area contributed by atoms with Gasteiger partial charge in [0.1, 0.15) is 0 Å². The molecule has 2 unspecified atom stereocenters. The van der Waals surface area contributed by atoms with Crippen molar-refractivity contribution in [1.29, 1.82) is 0 Å². The van der Waals surface area contributed by atoms with Crippen molar-refractivity contribution in [2.75, 3.05) is 13.6 Å². The molecule has 2 rings (SSSR count). The van der Waals surface area contributed by atoms with Crippen LogP contribution in [0.3, 0.4) is 0 Å². The number of nitrogens with two attached hydrogens (primary N) is 1. The van der Waals surface area contributed by atoms with E-state index in [2.05, 4.69) is 31.0 Å². The Morgan fingerprint density at radius 1 is 1.19 bits per heavy atom. The molecule has 3 heteroatoms. The highest BCUT2D eigenvalue weighted by Gasteiger charge is 2.25. The first-order valence-corrected chi connectivity index (χ1v) is 8.24. The average Bonchev–Trinajstić information content (AvgIpc) is 2.48. The number of aliphatic hydroxyl groups is 1. The van der Waals surface area contributed by atoms with Crippen molar-refractivity contribution in [3.8, 4) is 0 Å². The highest BCUT2D eigenvalue weighted by Crippen LogP contribution is 2.26. The number of benzene rings is 1. The predicted molar refractivity (Wildman–Crippen MR) is 88.2 cm³/mol. The Balaban J connectivity index is 1.78. The topological polar surface area (TPSA) is 49.5 Å². The summed E-state index contributed by atoms with van der Waals surface area (Å²) in [6, 6.07) is 10.6. The molecule has 0 saturated heterocycles. The lowest BCUT2D eigenvalue weighted by molar-refractivity contribution is 0.0699. The molecule has 1 fully saturated rings.